The van der Waals surface area contributed by atoms with Crippen molar-refractivity contribution in [3.63, 3.8) is 0 Å². The molecule has 0 N–H and O–H groups in total. The number of carbonyl (C=O) groups is 1. The minimum absolute atomic E-state index is 0.0221. The molecule has 0 aliphatic rings. The fraction of sp³-hybridized carbons (Fsp3) is 0.625. The van der Waals surface area contributed by atoms with Crippen LogP contribution < -0.4 is 0 Å². The van der Waals surface area contributed by atoms with Crippen molar-refractivity contribution in [3.05, 3.63) is 36.5 Å². The van der Waals surface area contributed by atoms with E-state index in [1.165, 1.54) is 18.8 Å². The highest BCUT2D eigenvalue weighted by Gasteiger charge is 2.42. The first-order valence-electron chi connectivity index (χ1n) is 15.1. The summed E-state index contributed by atoms with van der Waals surface area (Å²) in [5.74, 6) is 0.670. The predicted molar refractivity (Wildman–Crippen MR) is 169 cm³/mol. The van der Waals surface area contributed by atoms with E-state index in [0.717, 1.165) is 6.42 Å². The Labute approximate surface area is 261 Å². The average Bonchev–Trinajstić information content (AvgIpc) is 3.73. The van der Waals surface area contributed by atoms with Gasteiger partial charge in [-0.15, -0.1) is 0 Å². The number of nitrogens with zero attached hydrogens (tertiary/aromatic N) is 3. The van der Waals surface area contributed by atoms with E-state index in [2.05, 4.69) is 69.6 Å². The predicted octanol–water partition coefficient (Wildman–Crippen LogP) is 7.67. The third-order valence-corrected chi connectivity index (χ3v) is 12.8. The number of esters is 1. The van der Waals surface area contributed by atoms with Gasteiger partial charge in [0.25, 0.3) is 0 Å². The Hall–Kier alpha value is -3.06. The van der Waals surface area contributed by atoms with Crippen LogP contribution in [0.5, 0.6) is 0 Å². The minimum Gasteiger partial charge on any atom is -0.461 e. The van der Waals surface area contributed by atoms with Crippen molar-refractivity contribution in [3.8, 4) is 23.2 Å². The Kier molecular flexibility index (Phi) is 12.3. The Morgan fingerprint density at radius 2 is 1.52 bits per heavy atom. The molecule has 44 heavy (non-hydrogen) atoms. The molecule has 11 nitrogen and oxygen atoms in total. The molecule has 0 saturated carbocycles. The number of hydrogen-bond acceptors (Lipinski definition) is 11. The van der Waals surface area contributed by atoms with E-state index in [1.54, 1.807) is 21.1 Å². The third-order valence-electron chi connectivity index (χ3n) is 8.32. The summed E-state index contributed by atoms with van der Waals surface area (Å²) < 4.78 is 40.3. The van der Waals surface area contributed by atoms with Crippen molar-refractivity contribution in [2.24, 2.45) is 11.8 Å². The molecule has 0 amide bonds. The van der Waals surface area contributed by atoms with Gasteiger partial charge < -0.3 is 31.9 Å². The van der Waals surface area contributed by atoms with Crippen LogP contribution in [-0.4, -0.2) is 68.4 Å². The van der Waals surface area contributed by atoms with Crippen LogP contribution >= 0.6 is 0 Å². The van der Waals surface area contributed by atoms with Crippen LogP contribution in [-0.2, 0) is 18.6 Å². The summed E-state index contributed by atoms with van der Waals surface area (Å²) in [6, 6.07) is 0. The molecule has 0 aromatic carbocycles. The summed E-state index contributed by atoms with van der Waals surface area (Å²) in [6.07, 6.45) is 9.27. The van der Waals surface area contributed by atoms with Gasteiger partial charge >= 0.3 is 5.97 Å². The number of rotatable bonds is 16. The number of carbonyl (C=O) groups excluding carboxylic acids is 1. The molecule has 12 heteroatoms. The Bertz CT molecular complexity index is 1350. The maximum absolute atomic E-state index is 11.9. The highest BCUT2D eigenvalue weighted by molar-refractivity contribution is 6.74. The van der Waals surface area contributed by atoms with Gasteiger partial charge in [0, 0.05) is 20.1 Å². The molecule has 0 fully saturated rings. The number of hydrogen-bond donors (Lipinski definition) is 0. The number of oxazole rings is 3. The molecule has 3 heterocycles. The molecule has 3 rings (SSSR count). The number of ether oxygens (including phenoxy) is 3. The summed E-state index contributed by atoms with van der Waals surface area (Å²) in [4.78, 5) is 24.8. The molecule has 244 valence electrons. The van der Waals surface area contributed by atoms with Crippen molar-refractivity contribution in [2.75, 3.05) is 20.8 Å². The van der Waals surface area contributed by atoms with Crippen LogP contribution in [0.15, 0.2) is 38.1 Å². The lowest BCUT2D eigenvalue weighted by atomic mass is 9.89. The third kappa shape index (κ3) is 8.99. The molecule has 0 bridgehead atoms. The molecule has 0 radical (unpaired) electrons. The molecule has 3 aromatic heterocycles. The molecule has 0 spiro atoms. The maximum atomic E-state index is 11.9. The van der Waals surface area contributed by atoms with E-state index >= 15 is 0 Å². The minimum atomic E-state index is -2.04. The van der Waals surface area contributed by atoms with Crippen LogP contribution in [0.1, 0.15) is 77.7 Å². The lowest BCUT2D eigenvalue weighted by Crippen LogP contribution is -2.48. The van der Waals surface area contributed by atoms with Gasteiger partial charge in [-0.3, -0.25) is 0 Å². The molecular weight excluding hydrogens is 582 g/mol. The molecule has 0 aliphatic heterocycles. The number of methoxy groups -OCH3 is 2. The molecular formula is C32H49N3O8Si. The van der Waals surface area contributed by atoms with Gasteiger partial charge in [-0.1, -0.05) is 47.6 Å². The first kappa shape index (κ1) is 35.4. The maximum Gasteiger partial charge on any atom is 0.360 e. The van der Waals surface area contributed by atoms with E-state index in [4.69, 9.17) is 31.9 Å². The largest absolute Gasteiger partial charge is 0.461 e. The first-order valence-corrected chi connectivity index (χ1v) is 18.1. The molecule has 0 aliphatic carbocycles. The lowest BCUT2D eigenvalue weighted by molar-refractivity contribution is -0.0346. The normalized spacial score (nSPS) is 15.5. The number of aromatic nitrogens is 3. The van der Waals surface area contributed by atoms with Gasteiger partial charge in [-0.25, -0.2) is 19.7 Å². The first-order chi connectivity index (χ1) is 20.7. The standard InChI is InChI=1S/C32H49N3O8Si/c1-12-39-31(36)24-19-42-30(35-24)23-18-41-29(34-23)22-17-40-28(33-22)15-13-14-25(37-8)21(4)27(16-26(38-9)20(2)3)43-44(10,11)32(5,6)7/h13,15,17-21,25-27H,12,14,16H2,1-11H3/b15-13+/t21-,25+,26+,27+/m0/s1. The summed E-state index contributed by atoms with van der Waals surface area (Å²) in [5.41, 5.74) is 0.780. The SMILES string of the molecule is CCOC(=O)c1coc(-c2coc(-c3coc(/C=C/C[C@@H](OC)[C@H](C)[C@@H](C[C@@H](OC)C(C)C)O[Si](C)(C)C(C)(C)C)n3)n2)n1. The summed E-state index contributed by atoms with van der Waals surface area (Å²) in [5, 5.41) is 0.0835. The quantitative estimate of drug-likeness (QED) is 0.114. The van der Waals surface area contributed by atoms with Gasteiger partial charge in [0.15, 0.2) is 25.4 Å². The van der Waals surface area contributed by atoms with Gasteiger partial charge in [0.05, 0.1) is 24.9 Å². The molecule has 3 aromatic rings. The molecule has 0 saturated heterocycles. The van der Waals surface area contributed by atoms with Crippen molar-refractivity contribution >= 4 is 20.4 Å². The molecule has 0 unspecified atom stereocenters. The van der Waals surface area contributed by atoms with E-state index in [1.807, 2.05) is 12.2 Å². The van der Waals surface area contributed by atoms with E-state index < -0.39 is 14.3 Å². The summed E-state index contributed by atoms with van der Waals surface area (Å²) in [7, 11) is 1.47. The van der Waals surface area contributed by atoms with Crippen LogP contribution in [0.2, 0.25) is 18.1 Å². The van der Waals surface area contributed by atoms with E-state index in [0.29, 0.717) is 29.6 Å². The molecule has 4 atom stereocenters. The van der Waals surface area contributed by atoms with Gasteiger partial charge in [-0.05, 0) is 49.9 Å². The second kappa shape index (κ2) is 15.3. The van der Waals surface area contributed by atoms with Gasteiger partial charge in [-0.2, -0.15) is 0 Å². The highest BCUT2D eigenvalue weighted by Crippen LogP contribution is 2.40. The van der Waals surface area contributed by atoms with Crippen molar-refractivity contribution in [2.45, 2.75) is 97.8 Å². The van der Waals surface area contributed by atoms with Crippen LogP contribution in [0.25, 0.3) is 29.2 Å². The van der Waals surface area contributed by atoms with Crippen molar-refractivity contribution in [1.29, 1.82) is 0 Å². The summed E-state index contributed by atoms with van der Waals surface area (Å²) in [6.45, 7) is 19.9. The average molecular weight is 632 g/mol. The second-order valence-electron chi connectivity index (χ2n) is 12.8. The second-order valence-corrected chi connectivity index (χ2v) is 17.6. The van der Waals surface area contributed by atoms with Gasteiger partial charge in [0.2, 0.25) is 17.7 Å². The van der Waals surface area contributed by atoms with Gasteiger partial charge in [0.1, 0.15) is 18.8 Å². The Morgan fingerprint density at radius 3 is 2.14 bits per heavy atom. The fourth-order valence-corrected chi connectivity index (χ4v) is 5.93. The smallest absolute Gasteiger partial charge is 0.360 e. The Balaban J connectivity index is 1.70. The zero-order chi connectivity index (χ0) is 32.7. The monoisotopic (exact) mass is 631 g/mol. The lowest BCUT2D eigenvalue weighted by Gasteiger charge is -2.43. The van der Waals surface area contributed by atoms with Crippen LogP contribution in [0, 0.1) is 11.8 Å². The topological polar surface area (TPSA) is 132 Å². The van der Waals surface area contributed by atoms with E-state index in [-0.39, 0.29) is 53.4 Å². The highest BCUT2D eigenvalue weighted by atomic mass is 28.4. The zero-order valence-electron chi connectivity index (χ0n) is 28.0. The zero-order valence-corrected chi connectivity index (χ0v) is 29.0. The van der Waals surface area contributed by atoms with Crippen LogP contribution in [0.3, 0.4) is 0 Å². The summed E-state index contributed by atoms with van der Waals surface area (Å²) >= 11 is 0. The fourth-order valence-electron chi connectivity index (χ4n) is 4.50. The van der Waals surface area contributed by atoms with Crippen molar-refractivity contribution in [1.82, 2.24) is 15.0 Å². The van der Waals surface area contributed by atoms with Crippen LogP contribution in [0.4, 0.5) is 0 Å². The van der Waals surface area contributed by atoms with E-state index in [9.17, 15) is 4.79 Å². The Morgan fingerprint density at radius 1 is 0.909 bits per heavy atom. The van der Waals surface area contributed by atoms with Crippen molar-refractivity contribution < 1.29 is 36.7 Å².